The molecule has 5 heteroatoms. The summed E-state index contributed by atoms with van der Waals surface area (Å²) in [6.07, 6.45) is 2.34. The lowest BCUT2D eigenvalue weighted by Gasteiger charge is -2.10. The zero-order chi connectivity index (χ0) is 9.35. The SMILES string of the molecule is Cn1cc(Br)cc1CC(Cl)(Cl)Cl. The molecule has 0 aliphatic rings. The molecule has 12 heavy (non-hydrogen) atoms. The molecule has 1 aromatic rings. The monoisotopic (exact) mass is 289 g/mol. The van der Waals surface area contributed by atoms with Crippen LogP contribution in [0.4, 0.5) is 0 Å². The molecule has 1 heterocycles. The predicted octanol–water partition coefficient (Wildman–Crippen LogP) is 3.70. The Bertz CT molecular complexity index is 277. The maximum atomic E-state index is 5.65. The van der Waals surface area contributed by atoms with E-state index < -0.39 is 3.79 Å². The molecule has 0 bridgehead atoms. The van der Waals surface area contributed by atoms with Crippen LogP contribution in [0, 0.1) is 0 Å². The minimum atomic E-state index is -1.22. The Morgan fingerprint density at radius 3 is 2.42 bits per heavy atom. The van der Waals surface area contributed by atoms with Crippen molar-refractivity contribution in [1.82, 2.24) is 4.57 Å². The highest BCUT2D eigenvalue weighted by Gasteiger charge is 2.21. The summed E-state index contributed by atoms with van der Waals surface area (Å²) >= 11 is 20.3. The summed E-state index contributed by atoms with van der Waals surface area (Å²) in [5.41, 5.74) is 0.988. The topological polar surface area (TPSA) is 4.93 Å². The number of aromatic nitrogens is 1. The van der Waals surface area contributed by atoms with Gasteiger partial charge in [-0.1, -0.05) is 34.8 Å². The summed E-state index contributed by atoms with van der Waals surface area (Å²) < 4.78 is 1.70. The van der Waals surface area contributed by atoms with Crippen molar-refractivity contribution >= 4 is 50.7 Å². The molecule has 0 aromatic carbocycles. The van der Waals surface area contributed by atoms with Gasteiger partial charge in [0.2, 0.25) is 0 Å². The lowest BCUT2D eigenvalue weighted by Crippen LogP contribution is -2.09. The quantitative estimate of drug-likeness (QED) is 0.695. The number of rotatable bonds is 1. The van der Waals surface area contributed by atoms with Crippen molar-refractivity contribution in [2.24, 2.45) is 7.05 Å². The van der Waals surface area contributed by atoms with Crippen molar-refractivity contribution in [3.8, 4) is 0 Å². The van der Waals surface area contributed by atoms with Gasteiger partial charge in [-0.3, -0.25) is 0 Å². The lowest BCUT2D eigenvalue weighted by molar-refractivity contribution is 0.813. The summed E-state index contributed by atoms with van der Waals surface area (Å²) in [6, 6.07) is 1.93. The second-order valence-corrected chi connectivity index (χ2v) is 5.98. The van der Waals surface area contributed by atoms with Gasteiger partial charge in [0.05, 0.1) is 0 Å². The van der Waals surface area contributed by atoms with Crippen molar-refractivity contribution in [3.63, 3.8) is 0 Å². The van der Waals surface area contributed by atoms with Gasteiger partial charge < -0.3 is 4.57 Å². The molecule has 0 spiro atoms. The molecule has 68 valence electrons. The third-order valence-corrected chi connectivity index (χ3v) is 2.29. The third-order valence-electron chi connectivity index (χ3n) is 1.46. The van der Waals surface area contributed by atoms with Crippen molar-refractivity contribution in [2.45, 2.75) is 10.2 Å². The number of hydrogen-bond acceptors (Lipinski definition) is 0. The number of hydrogen-bond donors (Lipinski definition) is 0. The molecule has 1 nitrogen and oxygen atoms in total. The third kappa shape index (κ3) is 3.17. The van der Waals surface area contributed by atoms with Gasteiger partial charge >= 0.3 is 0 Å². The highest BCUT2D eigenvalue weighted by Crippen LogP contribution is 2.31. The Hall–Kier alpha value is 0.630. The van der Waals surface area contributed by atoms with Crippen LogP contribution in [0.2, 0.25) is 0 Å². The first-order valence-corrected chi connectivity index (χ1v) is 5.18. The second-order valence-electron chi connectivity index (χ2n) is 2.55. The van der Waals surface area contributed by atoms with Gasteiger partial charge in [-0.25, -0.2) is 0 Å². The summed E-state index contributed by atoms with van der Waals surface area (Å²) in [7, 11) is 1.91. The molecule has 0 N–H and O–H groups in total. The maximum Gasteiger partial charge on any atom is 0.196 e. The zero-order valence-corrected chi connectivity index (χ0v) is 10.2. The van der Waals surface area contributed by atoms with E-state index in [0.717, 1.165) is 10.2 Å². The van der Waals surface area contributed by atoms with Crippen LogP contribution in [0.1, 0.15) is 5.69 Å². The Labute approximate surface area is 94.7 Å². The predicted molar refractivity (Wildman–Crippen MR) is 57.1 cm³/mol. The molecule has 0 saturated heterocycles. The number of alkyl halides is 3. The number of halogens is 4. The minimum Gasteiger partial charge on any atom is -0.353 e. The van der Waals surface area contributed by atoms with E-state index >= 15 is 0 Å². The van der Waals surface area contributed by atoms with Gasteiger partial charge in [0.25, 0.3) is 0 Å². The van der Waals surface area contributed by atoms with Gasteiger partial charge in [-0.05, 0) is 22.0 Å². The van der Waals surface area contributed by atoms with Gasteiger partial charge in [0.1, 0.15) is 0 Å². The molecule has 0 saturated carbocycles. The molecule has 0 fully saturated rings. The van der Waals surface area contributed by atoms with E-state index in [1.54, 1.807) is 0 Å². The fourth-order valence-electron chi connectivity index (χ4n) is 0.947. The molecule has 1 rings (SSSR count). The van der Waals surface area contributed by atoms with Crippen molar-refractivity contribution in [1.29, 1.82) is 0 Å². The molecule has 0 radical (unpaired) electrons. The molecule has 1 aromatic heterocycles. The van der Waals surface area contributed by atoms with Crippen LogP contribution in [-0.2, 0) is 13.5 Å². The van der Waals surface area contributed by atoms with Gasteiger partial charge in [-0.15, -0.1) is 0 Å². The smallest absolute Gasteiger partial charge is 0.196 e. The van der Waals surface area contributed by atoms with Crippen LogP contribution in [0.3, 0.4) is 0 Å². The zero-order valence-electron chi connectivity index (χ0n) is 6.32. The van der Waals surface area contributed by atoms with E-state index in [1.165, 1.54) is 0 Å². The summed E-state index contributed by atoms with van der Waals surface area (Å²) in [6.45, 7) is 0. The molecule has 0 atom stereocenters. The van der Waals surface area contributed by atoms with Crippen molar-refractivity contribution < 1.29 is 0 Å². The van der Waals surface area contributed by atoms with E-state index in [2.05, 4.69) is 15.9 Å². The fourth-order valence-corrected chi connectivity index (χ4v) is 1.93. The number of aryl methyl sites for hydroxylation is 1. The average Bonchev–Trinajstić information content (AvgIpc) is 2.06. The summed E-state index contributed by atoms with van der Waals surface area (Å²) in [4.78, 5) is 0. The van der Waals surface area contributed by atoms with Crippen molar-refractivity contribution in [3.05, 3.63) is 22.4 Å². The van der Waals surface area contributed by atoms with Gasteiger partial charge in [-0.2, -0.15) is 0 Å². The van der Waals surface area contributed by atoms with Crippen LogP contribution >= 0.6 is 50.7 Å². The Balaban J connectivity index is 2.82. The van der Waals surface area contributed by atoms with Gasteiger partial charge in [0, 0.05) is 29.8 Å². The normalized spacial score (nSPS) is 12.1. The first-order valence-electron chi connectivity index (χ1n) is 3.26. The summed E-state index contributed by atoms with van der Waals surface area (Å²) in [5.74, 6) is 0. The molecule has 0 amide bonds. The highest BCUT2D eigenvalue weighted by atomic mass is 79.9. The van der Waals surface area contributed by atoms with Crippen LogP contribution < -0.4 is 0 Å². The maximum absolute atomic E-state index is 5.65. The fraction of sp³-hybridized carbons (Fsp3) is 0.429. The Kier molecular flexibility index (Phi) is 3.38. The molecule has 0 aliphatic heterocycles. The Morgan fingerprint density at radius 2 is 2.08 bits per heavy atom. The minimum absolute atomic E-state index is 0.416. The Morgan fingerprint density at radius 1 is 1.50 bits per heavy atom. The first-order chi connectivity index (χ1) is 5.38. The van der Waals surface area contributed by atoms with Crippen molar-refractivity contribution in [2.75, 3.05) is 0 Å². The summed E-state index contributed by atoms with van der Waals surface area (Å²) in [5, 5.41) is 0. The van der Waals surface area contributed by atoms with Crippen LogP contribution in [0.15, 0.2) is 16.7 Å². The standard InChI is InChI=1S/C7H7BrCl3N/c1-12-4-5(8)2-6(12)3-7(9,10)11/h2,4H,3H2,1H3. The largest absolute Gasteiger partial charge is 0.353 e. The lowest BCUT2D eigenvalue weighted by atomic mass is 10.3. The molecule has 0 aliphatic carbocycles. The van der Waals surface area contributed by atoms with E-state index in [-0.39, 0.29) is 0 Å². The second kappa shape index (κ2) is 3.79. The van der Waals surface area contributed by atoms with Gasteiger partial charge in [0.15, 0.2) is 3.79 Å². The molecular formula is C7H7BrCl3N. The highest BCUT2D eigenvalue weighted by molar-refractivity contribution is 9.10. The molecular weight excluding hydrogens is 284 g/mol. The van der Waals surface area contributed by atoms with Crippen LogP contribution in [0.5, 0.6) is 0 Å². The van der Waals surface area contributed by atoms with Crippen LogP contribution in [0.25, 0.3) is 0 Å². The molecule has 0 unspecified atom stereocenters. The van der Waals surface area contributed by atoms with E-state index in [1.807, 2.05) is 23.9 Å². The van der Waals surface area contributed by atoms with Crippen LogP contribution in [-0.4, -0.2) is 8.36 Å². The van der Waals surface area contributed by atoms with E-state index in [0.29, 0.717) is 6.42 Å². The first kappa shape index (κ1) is 10.7. The van der Waals surface area contributed by atoms with E-state index in [9.17, 15) is 0 Å². The van der Waals surface area contributed by atoms with E-state index in [4.69, 9.17) is 34.8 Å². The average molecular weight is 291 g/mol. The number of nitrogens with zero attached hydrogens (tertiary/aromatic N) is 1.